The van der Waals surface area contributed by atoms with Crippen molar-refractivity contribution in [3.05, 3.63) is 65.7 Å². The molecule has 0 aliphatic heterocycles. The molecule has 0 spiro atoms. The highest BCUT2D eigenvalue weighted by atomic mass is 16.2. The van der Waals surface area contributed by atoms with Crippen molar-refractivity contribution in [3.63, 3.8) is 0 Å². The van der Waals surface area contributed by atoms with Crippen LogP contribution < -0.4 is 10.6 Å². The van der Waals surface area contributed by atoms with E-state index in [1.54, 1.807) is 11.9 Å². The zero-order valence-electron chi connectivity index (χ0n) is 15.0. The van der Waals surface area contributed by atoms with E-state index in [0.29, 0.717) is 13.0 Å². The Kier molecular flexibility index (Phi) is 6.57. The maximum absolute atomic E-state index is 12.3. The molecule has 0 heterocycles. The van der Waals surface area contributed by atoms with Crippen molar-refractivity contribution in [1.29, 1.82) is 0 Å². The van der Waals surface area contributed by atoms with E-state index < -0.39 is 0 Å². The van der Waals surface area contributed by atoms with Crippen LogP contribution in [-0.2, 0) is 11.3 Å². The van der Waals surface area contributed by atoms with Crippen LogP contribution in [0.4, 0.5) is 10.5 Å². The fourth-order valence-corrected chi connectivity index (χ4v) is 2.41. The van der Waals surface area contributed by atoms with Gasteiger partial charge in [-0.1, -0.05) is 49.4 Å². The second-order valence-electron chi connectivity index (χ2n) is 6.04. The average Bonchev–Trinajstić information content (AvgIpc) is 2.62. The van der Waals surface area contributed by atoms with Crippen molar-refractivity contribution in [2.24, 2.45) is 0 Å². The Hall–Kier alpha value is -2.82. The monoisotopic (exact) mass is 339 g/mol. The zero-order valence-corrected chi connectivity index (χ0v) is 15.0. The molecule has 0 saturated heterocycles. The molecule has 0 radical (unpaired) electrons. The molecule has 3 amide bonds. The van der Waals surface area contributed by atoms with Crippen LogP contribution in [0, 0.1) is 0 Å². The zero-order chi connectivity index (χ0) is 18.2. The summed E-state index contributed by atoms with van der Waals surface area (Å²) < 4.78 is 0. The fraction of sp³-hybridized carbons (Fsp3) is 0.300. The average molecular weight is 339 g/mol. The molecule has 5 nitrogen and oxygen atoms in total. The number of nitrogens with zero attached hydrogens (tertiary/aromatic N) is 1. The summed E-state index contributed by atoms with van der Waals surface area (Å²) in [4.78, 5) is 25.4. The van der Waals surface area contributed by atoms with Crippen LogP contribution in [0.15, 0.2) is 54.6 Å². The summed E-state index contributed by atoms with van der Waals surface area (Å²) in [5.74, 6) is -0.0170. The lowest BCUT2D eigenvalue weighted by Gasteiger charge is -2.22. The number of benzene rings is 2. The highest BCUT2D eigenvalue weighted by molar-refractivity contribution is 5.90. The number of nitrogens with one attached hydrogen (secondary N) is 2. The minimum atomic E-state index is -0.125. The molecule has 5 heteroatoms. The minimum absolute atomic E-state index is 0.0170. The molecule has 2 aromatic carbocycles. The largest absolute Gasteiger partial charge is 0.331 e. The molecule has 2 aromatic rings. The van der Waals surface area contributed by atoms with Gasteiger partial charge in [0.05, 0.1) is 6.04 Å². The Morgan fingerprint density at radius 2 is 1.68 bits per heavy atom. The van der Waals surface area contributed by atoms with Crippen LogP contribution in [0.25, 0.3) is 0 Å². The molecule has 1 unspecified atom stereocenters. The van der Waals surface area contributed by atoms with E-state index in [2.05, 4.69) is 10.6 Å². The molecule has 2 N–H and O–H groups in total. The van der Waals surface area contributed by atoms with E-state index in [-0.39, 0.29) is 18.0 Å². The van der Waals surface area contributed by atoms with E-state index in [1.807, 2.05) is 68.4 Å². The van der Waals surface area contributed by atoms with Crippen LogP contribution in [0.1, 0.15) is 37.4 Å². The quantitative estimate of drug-likeness (QED) is 0.837. The third-order valence-corrected chi connectivity index (χ3v) is 3.96. The first kappa shape index (κ1) is 18.5. The van der Waals surface area contributed by atoms with Gasteiger partial charge in [0.2, 0.25) is 5.91 Å². The molecule has 0 saturated carbocycles. The third-order valence-electron chi connectivity index (χ3n) is 3.96. The summed E-state index contributed by atoms with van der Waals surface area (Å²) in [7, 11) is 1.78. The van der Waals surface area contributed by atoms with Gasteiger partial charge in [0.1, 0.15) is 0 Å². The Balaban J connectivity index is 1.90. The molecule has 1 atom stereocenters. The number of urea groups is 1. The van der Waals surface area contributed by atoms with Crippen molar-refractivity contribution in [2.75, 3.05) is 12.4 Å². The molecule has 132 valence electrons. The predicted molar refractivity (Wildman–Crippen MR) is 100 cm³/mol. The van der Waals surface area contributed by atoms with Gasteiger partial charge in [-0.3, -0.25) is 4.79 Å². The number of carbonyl (C=O) groups is 2. The van der Waals surface area contributed by atoms with Crippen LogP contribution in [0.2, 0.25) is 0 Å². The van der Waals surface area contributed by atoms with Gasteiger partial charge < -0.3 is 15.5 Å². The van der Waals surface area contributed by atoms with Gasteiger partial charge in [0.25, 0.3) is 0 Å². The molecule has 0 fully saturated rings. The van der Waals surface area contributed by atoms with Crippen molar-refractivity contribution < 1.29 is 9.59 Å². The van der Waals surface area contributed by atoms with Gasteiger partial charge in [-0.15, -0.1) is 0 Å². The number of hydrogen-bond acceptors (Lipinski definition) is 2. The first-order chi connectivity index (χ1) is 12.0. The van der Waals surface area contributed by atoms with Gasteiger partial charge in [-0.2, -0.15) is 0 Å². The lowest BCUT2D eigenvalue weighted by Crippen LogP contribution is -2.38. The van der Waals surface area contributed by atoms with Crippen molar-refractivity contribution >= 4 is 17.6 Å². The second-order valence-corrected chi connectivity index (χ2v) is 6.04. The molecule has 0 aromatic heterocycles. The Morgan fingerprint density at radius 1 is 1.04 bits per heavy atom. The predicted octanol–water partition coefficient (Wildman–Crippen LogP) is 3.94. The maximum Gasteiger partial charge on any atom is 0.317 e. The lowest BCUT2D eigenvalue weighted by molar-refractivity contribution is -0.115. The van der Waals surface area contributed by atoms with Crippen LogP contribution in [0.3, 0.4) is 0 Å². The third kappa shape index (κ3) is 5.64. The number of carbonyl (C=O) groups excluding carboxylic acids is 2. The molecule has 0 bridgehead atoms. The molecule has 0 aliphatic rings. The molecular formula is C20H25N3O2. The van der Waals surface area contributed by atoms with E-state index in [1.165, 1.54) is 0 Å². The summed E-state index contributed by atoms with van der Waals surface area (Å²) in [5.41, 5.74) is 2.83. The minimum Gasteiger partial charge on any atom is -0.331 e. The maximum atomic E-state index is 12.3. The van der Waals surface area contributed by atoms with Crippen molar-refractivity contribution in [2.45, 2.75) is 32.9 Å². The van der Waals surface area contributed by atoms with Gasteiger partial charge in [0.15, 0.2) is 0 Å². The van der Waals surface area contributed by atoms with E-state index >= 15 is 0 Å². The van der Waals surface area contributed by atoms with Crippen molar-refractivity contribution in [1.82, 2.24) is 10.2 Å². The number of rotatable bonds is 6. The molecule has 2 rings (SSSR count). The van der Waals surface area contributed by atoms with Crippen LogP contribution in [-0.4, -0.2) is 23.9 Å². The summed E-state index contributed by atoms with van der Waals surface area (Å²) in [6.45, 7) is 4.31. The lowest BCUT2D eigenvalue weighted by atomic mass is 10.1. The van der Waals surface area contributed by atoms with Gasteiger partial charge in [-0.05, 0) is 30.2 Å². The van der Waals surface area contributed by atoms with Gasteiger partial charge in [0, 0.05) is 25.7 Å². The SMILES string of the molecule is CCC(=O)Nc1ccc(C(C)NC(=O)N(C)Cc2ccccc2)cc1. The molecular weight excluding hydrogens is 314 g/mol. The van der Waals surface area contributed by atoms with Gasteiger partial charge in [-0.25, -0.2) is 4.79 Å². The Bertz CT molecular complexity index is 699. The summed E-state index contributed by atoms with van der Waals surface area (Å²) in [6.07, 6.45) is 0.446. The fourth-order valence-electron chi connectivity index (χ4n) is 2.41. The topological polar surface area (TPSA) is 61.4 Å². The second kappa shape index (κ2) is 8.87. The van der Waals surface area contributed by atoms with Gasteiger partial charge >= 0.3 is 6.03 Å². The number of amides is 3. The Labute approximate surface area is 149 Å². The summed E-state index contributed by atoms with van der Waals surface area (Å²) >= 11 is 0. The highest BCUT2D eigenvalue weighted by Gasteiger charge is 2.13. The van der Waals surface area contributed by atoms with E-state index in [0.717, 1.165) is 16.8 Å². The number of hydrogen-bond donors (Lipinski definition) is 2. The number of anilines is 1. The Morgan fingerprint density at radius 3 is 2.28 bits per heavy atom. The highest BCUT2D eigenvalue weighted by Crippen LogP contribution is 2.16. The summed E-state index contributed by atoms with van der Waals surface area (Å²) in [6, 6.07) is 17.1. The first-order valence-electron chi connectivity index (χ1n) is 8.45. The van der Waals surface area contributed by atoms with Crippen molar-refractivity contribution in [3.8, 4) is 0 Å². The van der Waals surface area contributed by atoms with E-state index in [4.69, 9.17) is 0 Å². The molecule has 25 heavy (non-hydrogen) atoms. The summed E-state index contributed by atoms with van der Waals surface area (Å²) in [5, 5.41) is 5.80. The van der Waals surface area contributed by atoms with Crippen LogP contribution >= 0.6 is 0 Å². The standard InChI is InChI=1S/C20H25N3O2/c1-4-19(24)22-18-12-10-17(11-13-18)15(2)21-20(25)23(3)14-16-8-6-5-7-9-16/h5-13,15H,4,14H2,1-3H3,(H,21,25)(H,22,24). The van der Waals surface area contributed by atoms with E-state index in [9.17, 15) is 9.59 Å². The normalized spacial score (nSPS) is 11.5. The van der Waals surface area contributed by atoms with Crippen LogP contribution in [0.5, 0.6) is 0 Å². The smallest absolute Gasteiger partial charge is 0.317 e. The first-order valence-corrected chi connectivity index (χ1v) is 8.45. The molecule has 0 aliphatic carbocycles.